The Morgan fingerprint density at radius 1 is 0.864 bits per heavy atom. The number of aliphatic hydroxyl groups excluding tert-OH is 1. The molecular formula is C20H33FO. The Hall–Kier alpha value is -0.110. The molecule has 0 radical (unpaired) electrons. The van der Waals surface area contributed by atoms with Gasteiger partial charge in [-0.15, -0.1) is 0 Å². The van der Waals surface area contributed by atoms with Crippen LogP contribution in [0.1, 0.15) is 78.6 Å². The Bertz CT molecular complexity index is 461. The zero-order valence-electron chi connectivity index (χ0n) is 14.6. The van der Waals surface area contributed by atoms with E-state index in [4.69, 9.17) is 0 Å². The summed E-state index contributed by atoms with van der Waals surface area (Å²) in [6, 6.07) is 0. The van der Waals surface area contributed by atoms with E-state index in [-0.39, 0.29) is 5.41 Å². The highest BCUT2D eigenvalue weighted by Gasteiger charge is 2.65. The number of hydrogen-bond acceptors (Lipinski definition) is 1. The second-order valence-corrected chi connectivity index (χ2v) is 9.83. The molecule has 4 rings (SSSR count). The monoisotopic (exact) mass is 308 g/mol. The number of fused-ring (bicyclic) bond motifs is 5. The molecule has 1 N–H and O–H groups in total. The second-order valence-electron chi connectivity index (χ2n) is 9.83. The first kappa shape index (κ1) is 15.4. The van der Waals surface area contributed by atoms with Crippen LogP contribution in [-0.4, -0.2) is 16.9 Å². The molecule has 0 aromatic carbocycles. The maximum absolute atomic E-state index is 14.9. The number of hydrogen-bond donors (Lipinski definition) is 1. The fourth-order valence-electron chi connectivity index (χ4n) is 7.60. The lowest BCUT2D eigenvalue weighted by molar-refractivity contribution is -0.125. The van der Waals surface area contributed by atoms with Gasteiger partial charge in [-0.05, 0) is 86.4 Å². The van der Waals surface area contributed by atoms with Crippen LogP contribution in [0.5, 0.6) is 0 Å². The van der Waals surface area contributed by atoms with Gasteiger partial charge >= 0.3 is 0 Å². The van der Waals surface area contributed by atoms with Gasteiger partial charge in [0.25, 0.3) is 0 Å². The van der Waals surface area contributed by atoms with Crippen molar-refractivity contribution in [2.45, 2.75) is 90.3 Å². The van der Waals surface area contributed by atoms with Gasteiger partial charge in [0.1, 0.15) is 5.67 Å². The third-order valence-electron chi connectivity index (χ3n) is 8.83. The maximum atomic E-state index is 14.9. The molecule has 4 saturated carbocycles. The van der Waals surface area contributed by atoms with Gasteiger partial charge in [-0.3, -0.25) is 0 Å². The Labute approximate surface area is 135 Å². The average Bonchev–Trinajstić information content (AvgIpc) is 2.66. The Morgan fingerprint density at radius 3 is 2.41 bits per heavy atom. The summed E-state index contributed by atoms with van der Waals surface area (Å²) in [5.41, 5.74) is -1.05. The van der Waals surface area contributed by atoms with Crippen LogP contribution in [0.25, 0.3) is 0 Å². The fourth-order valence-corrected chi connectivity index (χ4v) is 7.60. The minimum atomic E-state index is -1.38. The third-order valence-corrected chi connectivity index (χ3v) is 8.83. The van der Waals surface area contributed by atoms with Crippen molar-refractivity contribution in [2.24, 2.45) is 34.5 Å². The molecule has 22 heavy (non-hydrogen) atoms. The lowest BCUT2D eigenvalue weighted by atomic mass is 9.45. The summed E-state index contributed by atoms with van der Waals surface area (Å²) in [5.74, 6) is 2.75. The second kappa shape index (κ2) is 4.71. The van der Waals surface area contributed by atoms with Gasteiger partial charge in [0, 0.05) is 0 Å². The molecule has 0 aromatic rings. The molecule has 126 valence electrons. The molecule has 0 bridgehead atoms. The predicted octanol–water partition coefficient (Wildman–Crippen LogP) is 5.12. The third kappa shape index (κ3) is 1.85. The molecule has 0 amide bonds. The van der Waals surface area contributed by atoms with Gasteiger partial charge in [-0.1, -0.05) is 26.7 Å². The zero-order valence-corrected chi connectivity index (χ0v) is 14.6. The molecule has 8 atom stereocenters. The number of halogens is 1. The van der Waals surface area contributed by atoms with Crippen LogP contribution in [0.15, 0.2) is 0 Å². The van der Waals surface area contributed by atoms with Crippen LogP contribution in [-0.2, 0) is 0 Å². The highest BCUT2D eigenvalue weighted by molar-refractivity contribution is 5.14. The Balaban J connectivity index is 1.67. The van der Waals surface area contributed by atoms with E-state index in [2.05, 4.69) is 13.8 Å². The van der Waals surface area contributed by atoms with E-state index in [1.165, 1.54) is 44.9 Å². The van der Waals surface area contributed by atoms with E-state index in [1.54, 1.807) is 6.92 Å². The van der Waals surface area contributed by atoms with Crippen molar-refractivity contribution in [1.29, 1.82) is 0 Å². The smallest absolute Gasteiger partial charge is 0.134 e. The van der Waals surface area contributed by atoms with E-state index < -0.39 is 11.8 Å². The van der Waals surface area contributed by atoms with E-state index in [0.29, 0.717) is 23.7 Å². The molecule has 0 aromatic heterocycles. The van der Waals surface area contributed by atoms with Crippen molar-refractivity contribution in [1.82, 2.24) is 0 Å². The molecule has 0 heterocycles. The quantitative estimate of drug-likeness (QED) is 0.658. The van der Waals surface area contributed by atoms with Gasteiger partial charge in [-0.25, -0.2) is 4.39 Å². The van der Waals surface area contributed by atoms with E-state index in [1.807, 2.05) is 0 Å². The van der Waals surface area contributed by atoms with Crippen molar-refractivity contribution in [3.8, 4) is 0 Å². The standard InChI is InChI=1S/C20H33FO/c1-18-10-5-4-6-13(18)7-8-14-15(18)9-11-19(2)16(14)12-20(3,21)17(19)22/h13-17,22H,4-12H2,1-3H3/t13-,14-,15+,16+,17+,18+,19+,20-/m1/s1. The van der Waals surface area contributed by atoms with Gasteiger partial charge in [-0.2, -0.15) is 0 Å². The molecule has 4 aliphatic rings. The number of alkyl halides is 1. The van der Waals surface area contributed by atoms with Crippen LogP contribution in [0.3, 0.4) is 0 Å². The first-order valence-corrected chi connectivity index (χ1v) is 9.66. The highest BCUT2D eigenvalue weighted by atomic mass is 19.1. The van der Waals surface area contributed by atoms with Crippen molar-refractivity contribution < 1.29 is 9.50 Å². The van der Waals surface area contributed by atoms with Crippen LogP contribution in [0, 0.1) is 34.5 Å². The van der Waals surface area contributed by atoms with Gasteiger partial charge in [0.05, 0.1) is 6.10 Å². The van der Waals surface area contributed by atoms with Crippen molar-refractivity contribution in [2.75, 3.05) is 0 Å². The summed E-state index contributed by atoms with van der Waals surface area (Å²) < 4.78 is 14.9. The van der Waals surface area contributed by atoms with Crippen molar-refractivity contribution in [3.63, 3.8) is 0 Å². The SMILES string of the molecule is C[C@]12CCCC[C@@H]1CC[C@@H]1[C@@H]2CC[C@@]2(C)[C@H]1C[C@@](C)(F)[C@H]2O. The number of aliphatic hydroxyl groups is 1. The Morgan fingerprint density at radius 2 is 1.64 bits per heavy atom. The first-order valence-electron chi connectivity index (χ1n) is 9.66. The van der Waals surface area contributed by atoms with E-state index in [0.717, 1.165) is 18.3 Å². The molecule has 0 unspecified atom stereocenters. The van der Waals surface area contributed by atoms with Crippen molar-refractivity contribution in [3.05, 3.63) is 0 Å². The topological polar surface area (TPSA) is 20.2 Å². The summed E-state index contributed by atoms with van der Waals surface area (Å²) in [6.45, 7) is 6.37. The highest BCUT2D eigenvalue weighted by Crippen LogP contribution is 2.67. The fraction of sp³-hybridized carbons (Fsp3) is 1.00. The molecule has 4 fully saturated rings. The van der Waals surface area contributed by atoms with E-state index >= 15 is 0 Å². The zero-order chi connectivity index (χ0) is 15.8. The summed E-state index contributed by atoms with van der Waals surface area (Å²) in [7, 11) is 0. The molecule has 0 saturated heterocycles. The number of rotatable bonds is 0. The average molecular weight is 308 g/mol. The van der Waals surface area contributed by atoms with Crippen molar-refractivity contribution >= 4 is 0 Å². The van der Waals surface area contributed by atoms with Gasteiger partial charge in [0.15, 0.2) is 0 Å². The maximum Gasteiger partial charge on any atom is 0.134 e. The molecule has 1 nitrogen and oxygen atoms in total. The minimum Gasteiger partial charge on any atom is -0.389 e. The lowest BCUT2D eigenvalue weighted by Gasteiger charge is -2.60. The summed E-state index contributed by atoms with van der Waals surface area (Å²) in [4.78, 5) is 0. The molecule has 4 aliphatic carbocycles. The molecule has 0 aliphatic heterocycles. The summed E-state index contributed by atoms with van der Waals surface area (Å²) in [6.07, 6.45) is 10.3. The van der Waals surface area contributed by atoms with Gasteiger partial charge < -0.3 is 5.11 Å². The first-order chi connectivity index (χ1) is 10.3. The minimum absolute atomic E-state index is 0.178. The van der Waals surface area contributed by atoms with Crippen LogP contribution >= 0.6 is 0 Å². The molecule has 2 heteroatoms. The molecular weight excluding hydrogens is 275 g/mol. The van der Waals surface area contributed by atoms with E-state index in [9.17, 15) is 9.50 Å². The van der Waals surface area contributed by atoms with Crippen LogP contribution in [0.2, 0.25) is 0 Å². The lowest BCUT2D eigenvalue weighted by Crippen LogP contribution is -2.53. The normalized spacial score (nSPS) is 61.2. The largest absolute Gasteiger partial charge is 0.389 e. The summed E-state index contributed by atoms with van der Waals surface area (Å²) in [5, 5.41) is 10.6. The van der Waals surface area contributed by atoms with Crippen LogP contribution in [0.4, 0.5) is 4.39 Å². The van der Waals surface area contributed by atoms with Crippen LogP contribution < -0.4 is 0 Å². The van der Waals surface area contributed by atoms with Gasteiger partial charge in [0.2, 0.25) is 0 Å². The predicted molar refractivity (Wildman–Crippen MR) is 87.2 cm³/mol. The Kier molecular flexibility index (Phi) is 3.30. The molecule has 0 spiro atoms. The summed E-state index contributed by atoms with van der Waals surface area (Å²) >= 11 is 0.